The van der Waals surface area contributed by atoms with E-state index in [2.05, 4.69) is 4.98 Å². The van der Waals surface area contributed by atoms with Crippen molar-refractivity contribution in [1.29, 1.82) is 0 Å². The summed E-state index contributed by atoms with van der Waals surface area (Å²) in [6.07, 6.45) is 0. The number of ether oxygens (including phenoxy) is 1. The highest BCUT2D eigenvalue weighted by atomic mass is 35.5. The molecule has 0 aliphatic carbocycles. The molecular weight excluding hydrogens is 331 g/mol. The Hall–Kier alpha value is -1.42. The number of fused-ring (bicyclic) bond motifs is 1. The van der Waals surface area contributed by atoms with E-state index in [0.29, 0.717) is 15.9 Å². The summed E-state index contributed by atoms with van der Waals surface area (Å²) in [4.78, 5) is 4.54. The van der Waals surface area contributed by atoms with Gasteiger partial charge in [-0.1, -0.05) is 23.2 Å². The number of benzene rings is 2. The average Bonchev–Trinajstić information content (AvgIpc) is 2.84. The van der Waals surface area contributed by atoms with E-state index in [9.17, 15) is 0 Å². The van der Waals surface area contributed by atoms with Crippen molar-refractivity contribution in [1.82, 2.24) is 9.55 Å². The first kappa shape index (κ1) is 14.5. The Bertz CT molecular complexity index is 814. The van der Waals surface area contributed by atoms with Gasteiger partial charge in [0, 0.05) is 11.1 Å². The topological polar surface area (TPSA) is 27.1 Å². The number of aromatic nitrogens is 2. The molecule has 6 heteroatoms. The summed E-state index contributed by atoms with van der Waals surface area (Å²) in [6.45, 7) is 0. The summed E-state index contributed by atoms with van der Waals surface area (Å²) in [5, 5.41) is 1.13. The van der Waals surface area contributed by atoms with Gasteiger partial charge >= 0.3 is 0 Å². The van der Waals surface area contributed by atoms with Crippen LogP contribution in [0.2, 0.25) is 10.0 Å². The maximum atomic E-state index is 6.31. The summed E-state index contributed by atoms with van der Waals surface area (Å²) in [5.41, 5.74) is 2.51. The molecule has 0 atom stereocenters. The van der Waals surface area contributed by atoms with Crippen LogP contribution in [0.4, 0.5) is 0 Å². The molecule has 0 radical (unpaired) electrons. The van der Waals surface area contributed by atoms with E-state index < -0.39 is 0 Å². The molecule has 3 rings (SSSR count). The standard InChI is InChI=1S/C15H11Cl3N2O/c1-21-10-3-5-14-12(7-10)19-15(8-16)20(14)13-4-2-9(17)6-11(13)18/h2-7H,8H2,1H3. The Kier molecular flexibility index (Phi) is 3.98. The maximum absolute atomic E-state index is 6.31. The zero-order chi connectivity index (χ0) is 15.0. The van der Waals surface area contributed by atoms with Crippen LogP contribution in [-0.4, -0.2) is 16.7 Å². The van der Waals surface area contributed by atoms with Gasteiger partial charge in [0.2, 0.25) is 0 Å². The molecule has 1 heterocycles. The van der Waals surface area contributed by atoms with Crippen molar-refractivity contribution in [2.45, 2.75) is 5.88 Å². The predicted octanol–water partition coefficient (Wildman–Crippen LogP) is 5.08. The molecule has 0 amide bonds. The van der Waals surface area contributed by atoms with Gasteiger partial charge in [-0.25, -0.2) is 4.98 Å². The van der Waals surface area contributed by atoms with E-state index in [1.54, 1.807) is 19.2 Å². The van der Waals surface area contributed by atoms with Crippen LogP contribution < -0.4 is 4.74 Å². The smallest absolute Gasteiger partial charge is 0.129 e. The number of hydrogen-bond donors (Lipinski definition) is 0. The predicted molar refractivity (Wildman–Crippen MR) is 87.2 cm³/mol. The van der Waals surface area contributed by atoms with E-state index in [-0.39, 0.29) is 5.88 Å². The Balaban J connectivity index is 2.29. The minimum atomic E-state index is 0.274. The highest BCUT2D eigenvalue weighted by molar-refractivity contribution is 6.35. The Labute approximate surface area is 137 Å². The van der Waals surface area contributed by atoms with Crippen LogP contribution in [0.25, 0.3) is 16.7 Å². The number of rotatable bonds is 3. The van der Waals surface area contributed by atoms with Gasteiger partial charge in [-0.15, -0.1) is 11.6 Å². The van der Waals surface area contributed by atoms with Crippen molar-refractivity contribution < 1.29 is 4.74 Å². The summed E-state index contributed by atoms with van der Waals surface area (Å²) in [6, 6.07) is 11.0. The van der Waals surface area contributed by atoms with Crippen LogP contribution in [0.5, 0.6) is 5.75 Å². The monoisotopic (exact) mass is 340 g/mol. The van der Waals surface area contributed by atoms with Crippen LogP contribution in [0.1, 0.15) is 5.82 Å². The van der Waals surface area contributed by atoms with Crippen molar-refractivity contribution in [3.8, 4) is 11.4 Å². The summed E-state index contributed by atoms with van der Waals surface area (Å²) >= 11 is 18.3. The molecule has 108 valence electrons. The first-order chi connectivity index (χ1) is 10.1. The Morgan fingerprint density at radius 3 is 2.62 bits per heavy atom. The molecule has 0 saturated heterocycles. The lowest BCUT2D eigenvalue weighted by Gasteiger charge is -2.10. The fraction of sp³-hybridized carbons (Fsp3) is 0.133. The van der Waals surface area contributed by atoms with Crippen LogP contribution in [0, 0.1) is 0 Å². The normalized spacial score (nSPS) is 11.0. The Morgan fingerprint density at radius 2 is 1.95 bits per heavy atom. The lowest BCUT2D eigenvalue weighted by molar-refractivity contribution is 0.415. The minimum absolute atomic E-state index is 0.274. The van der Waals surface area contributed by atoms with E-state index in [0.717, 1.165) is 22.5 Å². The van der Waals surface area contributed by atoms with Crippen molar-refractivity contribution in [3.63, 3.8) is 0 Å². The molecule has 2 aromatic carbocycles. The quantitative estimate of drug-likeness (QED) is 0.621. The molecule has 21 heavy (non-hydrogen) atoms. The molecule has 0 fully saturated rings. The molecule has 0 N–H and O–H groups in total. The number of halogens is 3. The summed E-state index contributed by atoms with van der Waals surface area (Å²) in [7, 11) is 1.62. The van der Waals surface area contributed by atoms with Gasteiger partial charge in [-0.2, -0.15) is 0 Å². The molecule has 1 aromatic heterocycles. The summed E-state index contributed by atoms with van der Waals surface area (Å²) < 4.78 is 7.16. The van der Waals surface area contributed by atoms with Gasteiger partial charge in [0.1, 0.15) is 11.6 Å². The maximum Gasteiger partial charge on any atom is 0.129 e. The van der Waals surface area contributed by atoms with Gasteiger partial charge in [0.25, 0.3) is 0 Å². The lowest BCUT2D eigenvalue weighted by Crippen LogP contribution is -2.00. The fourth-order valence-corrected chi connectivity index (χ4v) is 2.93. The van der Waals surface area contributed by atoms with Gasteiger partial charge in [0.05, 0.1) is 34.7 Å². The molecule has 3 aromatic rings. The zero-order valence-corrected chi connectivity index (χ0v) is 13.4. The highest BCUT2D eigenvalue weighted by Crippen LogP contribution is 2.31. The van der Waals surface area contributed by atoms with Crippen molar-refractivity contribution in [3.05, 3.63) is 52.3 Å². The molecular formula is C15H11Cl3N2O. The molecule has 0 bridgehead atoms. The highest BCUT2D eigenvalue weighted by Gasteiger charge is 2.14. The van der Waals surface area contributed by atoms with Gasteiger partial charge in [0.15, 0.2) is 0 Å². The zero-order valence-electron chi connectivity index (χ0n) is 11.1. The molecule has 0 aliphatic rings. The van der Waals surface area contributed by atoms with Crippen LogP contribution in [-0.2, 0) is 5.88 Å². The first-order valence-electron chi connectivity index (χ1n) is 6.21. The minimum Gasteiger partial charge on any atom is -0.497 e. The first-order valence-corrected chi connectivity index (χ1v) is 7.50. The van der Waals surface area contributed by atoms with Crippen molar-refractivity contribution >= 4 is 45.8 Å². The molecule has 0 spiro atoms. The molecule has 0 aliphatic heterocycles. The SMILES string of the molecule is COc1ccc2c(c1)nc(CCl)n2-c1ccc(Cl)cc1Cl. The number of alkyl halides is 1. The summed E-state index contributed by atoms with van der Waals surface area (Å²) in [5.74, 6) is 1.73. The molecule has 0 unspecified atom stereocenters. The Morgan fingerprint density at radius 1 is 1.14 bits per heavy atom. The third-order valence-corrected chi connectivity index (χ3v) is 3.98. The molecule has 0 saturated carbocycles. The number of imidazole rings is 1. The number of nitrogens with zero attached hydrogens (tertiary/aromatic N) is 2. The second kappa shape index (κ2) is 5.76. The number of hydrogen-bond acceptors (Lipinski definition) is 2. The second-order valence-corrected chi connectivity index (χ2v) is 5.56. The lowest BCUT2D eigenvalue weighted by atomic mass is 10.2. The number of methoxy groups -OCH3 is 1. The van der Waals surface area contributed by atoms with Crippen molar-refractivity contribution in [2.24, 2.45) is 0 Å². The van der Waals surface area contributed by atoms with Gasteiger partial charge in [-0.05, 0) is 30.3 Å². The fourth-order valence-electron chi connectivity index (χ4n) is 2.26. The third-order valence-electron chi connectivity index (χ3n) is 3.20. The van der Waals surface area contributed by atoms with Gasteiger partial charge in [-0.3, -0.25) is 4.57 Å². The van der Waals surface area contributed by atoms with E-state index in [1.165, 1.54) is 0 Å². The van der Waals surface area contributed by atoms with E-state index in [1.807, 2.05) is 28.8 Å². The third kappa shape index (κ3) is 2.57. The average molecular weight is 342 g/mol. The second-order valence-electron chi connectivity index (χ2n) is 4.45. The largest absolute Gasteiger partial charge is 0.497 e. The van der Waals surface area contributed by atoms with Crippen LogP contribution >= 0.6 is 34.8 Å². The van der Waals surface area contributed by atoms with Gasteiger partial charge < -0.3 is 4.74 Å². The van der Waals surface area contributed by atoms with E-state index in [4.69, 9.17) is 39.5 Å². The van der Waals surface area contributed by atoms with Crippen LogP contribution in [0.3, 0.4) is 0 Å². The molecule has 3 nitrogen and oxygen atoms in total. The van der Waals surface area contributed by atoms with Crippen LogP contribution in [0.15, 0.2) is 36.4 Å². The van der Waals surface area contributed by atoms with Crippen molar-refractivity contribution in [2.75, 3.05) is 7.11 Å². The van der Waals surface area contributed by atoms with E-state index >= 15 is 0 Å².